The number of hydrogen-bond acceptors (Lipinski definition) is 6. The highest BCUT2D eigenvalue weighted by molar-refractivity contribution is 7.89. The molecule has 0 unspecified atom stereocenters. The molecule has 0 radical (unpaired) electrons. The lowest BCUT2D eigenvalue weighted by Crippen LogP contribution is -2.22. The van der Waals surface area contributed by atoms with E-state index in [0.717, 1.165) is 16.8 Å². The Kier molecular flexibility index (Phi) is 5.91. The van der Waals surface area contributed by atoms with Gasteiger partial charge in [0.25, 0.3) is 0 Å². The minimum atomic E-state index is -3.44. The van der Waals surface area contributed by atoms with Gasteiger partial charge in [0.1, 0.15) is 0 Å². The van der Waals surface area contributed by atoms with Gasteiger partial charge in [-0.3, -0.25) is 5.43 Å². The highest BCUT2D eigenvalue weighted by Gasteiger charge is 2.17. The number of rotatable bonds is 6. The molecule has 2 aromatic carbocycles. The van der Waals surface area contributed by atoms with Crippen molar-refractivity contribution >= 4 is 44.3 Å². The molecule has 0 amide bonds. The number of benzene rings is 2. The molecule has 0 spiro atoms. The van der Waals surface area contributed by atoms with E-state index in [0.29, 0.717) is 10.2 Å². The van der Waals surface area contributed by atoms with Crippen LogP contribution in [0, 0.1) is 0 Å². The largest absolute Gasteiger partial charge is 0.253 e. The zero-order valence-electron chi connectivity index (χ0n) is 14.6. The Bertz CT molecular complexity index is 1060. The normalized spacial score (nSPS) is 12.0. The first-order valence-corrected chi connectivity index (χ1v) is 10.6. The predicted octanol–water partition coefficient (Wildman–Crippen LogP) is 4.16. The Morgan fingerprint density at radius 3 is 2.52 bits per heavy atom. The predicted molar refractivity (Wildman–Crippen MR) is 111 cm³/mol. The molecule has 1 N–H and O–H groups in total. The van der Waals surface area contributed by atoms with Crippen LogP contribution in [0.4, 0.5) is 5.13 Å². The van der Waals surface area contributed by atoms with Crippen molar-refractivity contribution in [3.8, 4) is 11.3 Å². The van der Waals surface area contributed by atoms with E-state index in [1.54, 1.807) is 36.5 Å². The second-order valence-electron chi connectivity index (χ2n) is 5.74. The second kappa shape index (κ2) is 8.18. The van der Waals surface area contributed by atoms with Crippen molar-refractivity contribution in [2.75, 3.05) is 19.5 Å². The molecule has 1 heterocycles. The van der Waals surface area contributed by atoms with Gasteiger partial charge in [-0.15, -0.1) is 11.3 Å². The molecule has 0 saturated carbocycles. The molecule has 27 heavy (non-hydrogen) atoms. The summed E-state index contributed by atoms with van der Waals surface area (Å²) in [4.78, 5) is 4.71. The first-order chi connectivity index (χ1) is 12.9. The number of hydrazone groups is 1. The third-order valence-electron chi connectivity index (χ3n) is 3.70. The van der Waals surface area contributed by atoms with Crippen LogP contribution in [0.2, 0.25) is 5.02 Å². The Balaban J connectivity index is 1.71. The average Bonchev–Trinajstić information content (AvgIpc) is 3.12. The van der Waals surface area contributed by atoms with Gasteiger partial charge in [0.05, 0.1) is 16.8 Å². The summed E-state index contributed by atoms with van der Waals surface area (Å²) in [5, 5.41) is 7.27. The Morgan fingerprint density at radius 1 is 1.15 bits per heavy atom. The highest BCUT2D eigenvalue weighted by Crippen LogP contribution is 2.26. The molecule has 3 rings (SSSR count). The molecular formula is C18H17ClN4O2S2. The molecule has 9 heteroatoms. The third kappa shape index (κ3) is 4.54. The van der Waals surface area contributed by atoms with Gasteiger partial charge in [0.2, 0.25) is 15.2 Å². The number of anilines is 1. The number of nitrogens with one attached hydrogen (secondary N) is 1. The molecule has 140 valence electrons. The van der Waals surface area contributed by atoms with Crippen LogP contribution >= 0.6 is 22.9 Å². The first-order valence-electron chi connectivity index (χ1n) is 7.90. The van der Waals surface area contributed by atoms with Crippen LogP contribution in [0.1, 0.15) is 5.56 Å². The van der Waals surface area contributed by atoms with Crippen molar-refractivity contribution in [1.29, 1.82) is 0 Å². The van der Waals surface area contributed by atoms with Gasteiger partial charge in [-0.05, 0) is 18.2 Å². The molecule has 0 aliphatic carbocycles. The molecule has 3 aromatic rings. The lowest BCUT2D eigenvalue weighted by molar-refractivity contribution is 0.521. The zero-order chi connectivity index (χ0) is 19.4. The van der Waals surface area contributed by atoms with Gasteiger partial charge < -0.3 is 0 Å². The first kappa shape index (κ1) is 19.5. The van der Waals surface area contributed by atoms with Crippen LogP contribution in [-0.4, -0.2) is 38.0 Å². The highest BCUT2D eigenvalue weighted by atomic mass is 35.5. The average molecular weight is 421 g/mol. The van der Waals surface area contributed by atoms with Crippen molar-refractivity contribution in [2.24, 2.45) is 5.10 Å². The molecule has 0 fully saturated rings. The van der Waals surface area contributed by atoms with Gasteiger partial charge in [0, 0.05) is 35.6 Å². The van der Waals surface area contributed by atoms with Gasteiger partial charge in [-0.1, -0.05) is 41.9 Å². The Hall–Kier alpha value is -2.26. The van der Waals surface area contributed by atoms with Crippen LogP contribution < -0.4 is 5.43 Å². The fraction of sp³-hybridized carbons (Fsp3) is 0.111. The van der Waals surface area contributed by atoms with Crippen molar-refractivity contribution in [2.45, 2.75) is 4.90 Å². The number of halogens is 1. The molecule has 0 atom stereocenters. The molecule has 6 nitrogen and oxygen atoms in total. The smallest absolute Gasteiger partial charge is 0.242 e. The van der Waals surface area contributed by atoms with E-state index in [1.165, 1.54) is 29.7 Å². The summed E-state index contributed by atoms with van der Waals surface area (Å²) < 4.78 is 25.4. The molecule has 0 saturated heterocycles. The number of hydrogen-bond donors (Lipinski definition) is 1. The summed E-state index contributed by atoms with van der Waals surface area (Å²) in [6.07, 6.45) is 1.63. The van der Waals surface area contributed by atoms with E-state index >= 15 is 0 Å². The van der Waals surface area contributed by atoms with Crippen LogP contribution in [0.25, 0.3) is 11.3 Å². The monoisotopic (exact) mass is 420 g/mol. The minimum Gasteiger partial charge on any atom is -0.253 e. The summed E-state index contributed by atoms with van der Waals surface area (Å²) >= 11 is 7.48. The fourth-order valence-electron chi connectivity index (χ4n) is 2.20. The zero-order valence-corrected chi connectivity index (χ0v) is 17.0. The number of nitrogens with zero attached hydrogens (tertiary/aromatic N) is 3. The Labute approximate surface area is 167 Å². The fourth-order valence-corrected chi connectivity index (χ4v) is 3.96. The maximum atomic E-state index is 12.1. The van der Waals surface area contributed by atoms with Gasteiger partial charge >= 0.3 is 0 Å². The summed E-state index contributed by atoms with van der Waals surface area (Å²) in [7, 11) is -0.430. The lowest BCUT2D eigenvalue weighted by atomic mass is 10.2. The van der Waals surface area contributed by atoms with Crippen molar-refractivity contribution < 1.29 is 8.42 Å². The lowest BCUT2D eigenvalue weighted by Gasteiger charge is -2.11. The molecular weight excluding hydrogens is 404 g/mol. The van der Waals surface area contributed by atoms with Gasteiger partial charge in [0.15, 0.2) is 0 Å². The van der Waals surface area contributed by atoms with E-state index in [2.05, 4.69) is 15.5 Å². The third-order valence-corrected chi connectivity index (χ3v) is 6.62. The molecule has 1 aromatic heterocycles. The van der Waals surface area contributed by atoms with Crippen LogP contribution in [0.3, 0.4) is 0 Å². The minimum absolute atomic E-state index is 0.245. The number of aromatic nitrogens is 1. The van der Waals surface area contributed by atoms with E-state index in [4.69, 9.17) is 11.6 Å². The van der Waals surface area contributed by atoms with E-state index in [9.17, 15) is 8.42 Å². The standard InChI is InChI=1S/C18H17ClN4O2S2/c1-23(2)27(24,25)15-9-7-13(8-10-15)17-12-26-18(21-17)22-20-11-14-5-3-4-6-16(14)19/h3-12H,1-2H3,(H,21,22)/b20-11-. The summed E-state index contributed by atoms with van der Waals surface area (Å²) in [6, 6.07) is 14.0. The van der Waals surface area contributed by atoms with Crippen LogP contribution in [0.5, 0.6) is 0 Å². The summed E-state index contributed by atoms with van der Waals surface area (Å²) in [5.41, 5.74) is 5.25. The van der Waals surface area contributed by atoms with Crippen molar-refractivity contribution in [3.05, 3.63) is 64.5 Å². The van der Waals surface area contributed by atoms with Gasteiger partial charge in [-0.2, -0.15) is 5.10 Å². The second-order valence-corrected chi connectivity index (χ2v) is 9.16. The number of thiazole rings is 1. The van der Waals surface area contributed by atoms with Gasteiger partial charge in [-0.25, -0.2) is 17.7 Å². The van der Waals surface area contributed by atoms with Crippen LogP contribution in [0.15, 0.2) is 63.9 Å². The summed E-state index contributed by atoms with van der Waals surface area (Å²) in [6.45, 7) is 0. The Morgan fingerprint density at radius 2 is 1.85 bits per heavy atom. The van der Waals surface area contributed by atoms with Crippen molar-refractivity contribution in [1.82, 2.24) is 9.29 Å². The molecule has 0 aliphatic heterocycles. The maximum Gasteiger partial charge on any atom is 0.242 e. The number of sulfonamides is 1. The van der Waals surface area contributed by atoms with Crippen molar-refractivity contribution in [3.63, 3.8) is 0 Å². The molecule has 0 aliphatic rings. The van der Waals surface area contributed by atoms with E-state index < -0.39 is 10.0 Å². The van der Waals surface area contributed by atoms with Crippen LogP contribution in [-0.2, 0) is 10.0 Å². The molecule has 0 bridgehead atoms. The summed E-state index contributed by atoms with van der Waals surface area (Å²) in [5.74, 6) is 0. The topological polar surface area (TPSA) is 74.7 Å². The van der Waals surface area contributed by atoms with E-state index in [-0.39, 0.29) is 4.90 Å². The van der Waals surface area contributed by atoms with E-state index in [1.807, 2.05) is 23.6 Å². The quantitative estimate of drug-likeness (QED) is 0.480. The maximum absolute atomic E-state index is 12.1. The SMILES string of the molecule is CN(C)S(=O)(=O)c1ccc(-c2csc(N/N=C\c3ccccc3Cl)n2)cc1.